The minimum absolute atomic E-state index is 0.656. The van der Waals surface area contributed by atoms with Crippen LogP contribution in [0.4, 0.5) is 11.5 Å². The van der Waals surface area contributed by atoms with Crippen molar-refractivity contribution in [2.45, 2.75) is 19.3 Å². The van der Waals surface area contributed by atoms with Gasteiger partial charge in [0.1, 0.15) is 5.82 Å². The highest BCUT2D eigenvalue weighted by molar-refractivity contribution is 5.74. The molecule has 1 aliphatic heterocycles. The second kappa shape index (κ2) is 7.16. The van der Waals surface area contributed by atoms with Crippen LogP contribution in [-0.4, -0.2) is 30.4 Å². The number of rotatable bonds is 3. The smallest absolute Gasteiger partial charge is 0.133 e. The molecule has 136 valence electrons. The first-order valence-corrected chi connectivity index (χ1v) is 9.31. The maximum atomic E-state index is 9.06. The first-order valence-electron chi connectivity index (χ1n) is 9.31. The normalized spacial score (nSPS) is 13.2. The van der Waals surface area contributed by atoms with Gasteiger partial charge in [0.05, 0.1) is 23.0 Å². The highest BCUT2D eigenvalue weighted by Gasteiger charge is 2.22. The molecule has 5 nitrogen and oxygen atoms in total. The zero-order valence-electron chi connectivity index (χ0n) is 15.7. The Balaban J connectivity index is 1.86. The molecule has 4 rings (SSSR count). The molecule has 1 aromatic heterocycles. The minimum atomic E-state index is 0.656. The van der Waals surface area contributed by atoms with Crippen molar-refractivity contribution in [3.63, 3.8) is 0 Å². The molecule has 0 saturated carbocycles. The maximum absolute atomic E-state index is 9.06. The standard InChI is InChI=1S/C22H23N5/c1-26(2)19-7-5-6-17(14-19)21-20-8-3-4-13-24-22(20)27(25-21)18-11-9-16(15-23)10-12-18/h5-7,9-12,14,24H,3-4,8,13H2,1-2H3. The number of fused-ring (bicyclic) bond motifs is 1. The topological polar surface area (TPSA) is 56.9 Å². The Morgan fingerprint density at radius 3 is 2.67 bits per heavy atom. The quantitative estimate of drug-likeness (QED) is 0.762. The number of benzene rings is 2. The van der Waals surface area contributed by atoms with E-state index >= 15 is 0 Å². The van der Waals surface area contributed by atoms with Crippen molar-refractivity contribution in [2.75, 3.05) is 30.9 Å². The largest absolute Gasteiger partial charge is 0.378 e. The van der Waals surface area contributed by atoms with E-state index in [4.69, 9.17) is 10.4 Å². The summed E-state index contributed by atoms with van der Waals surface area (Å²) >= 11 is 0. The molecule has 3 aromatic rings. The molecule has 0 fully saturated rings. The Kier molecular flexibility index (Phi) is 4.55. The first kappa shape index (κ1) is 17.2. The molecule has 0 amide bonds. The van der Waals surface area contributed by atoms with Gasteiger partial charge < -0.3 is 10.2 Å². The molecule has 1 N–H and O–H groups in total. The second-order valence-electron chi connectivity index (χ2n) is 7.07. The van der Waals surface area contributed by atoms with Crippen LogP contribution in [0.5, 0.6) is 0 Å². The van der Waals surface area contributed by atoms with E-state index < -0.39 is 0 Å². The lowest BCUT2D eigenvalue weighted by molar-refractivity contribution is 0.780. The summed E-state index contributed by atoms with van der Waals surface area (Å²) < 4.78 is 1.99. The fourth-order valence-corrected chi connectivity index (χ4v) is 3.53. The number of aromatic nitrogens is 2. The minimum Gasteiger partial charge on any atom is -0.378 e. The first-order chi connectivity index (χ1) is 13.2. The van der Waals surface area contributed by atoms with Gasteiger partial charge in [-0.3, -0.25) is 0 Å². The Hall–Kier alpha value is -3.26. The van der Waals surface area contributed by atoms with Gasteiger partial charge in [-0.2, -0.15) is 10.4 Å². The fraction of sp³-hybridized carbons (Fsp3) is 0.273. The molecule has 0 atom stereocenters. The van der Waals surface area contributed by atoms with Gasteiger partial charge >= 0.3 is 0 Å². The molecule has 5 heteroatoms. The summed E-state index contributed by atoms with van der Waals surface area (Å²) in [5, 5.41) is 17.6. The van der Waals surface area contributed by atoms with E-state index in [0.717, 1.165) is 54.3 Å². The number of hydrogen-bond acceptors (Lipinski definition) is 4. The van der Waals surface area contributed by atoms with Gasteiger partial charge in [-0.1, -0.05) is 12.1 Å². The summed E-state index contributed by atoms with van der Waals surface area (Å²) in [6.07, 6.45) is 3.32. The van der Waals surface area contributed by atoms with Gasteiger partial charge in [-0.05, 0) is 55.7 Å². The van der Waals surface area contributed by atoms with Crippen LogP contribution in [0, 0.1) is 11.3 Å². The summed E-state index contributed by atoms with van der Waals surface area (Å²) in [5.74, 6) is 1.07. The van der Waals surface area contributed by atoms with Crippen molar-refractivity contribution in [1.29, 1.82) is 5.26 Å². The third-order valence-corrected chi connectivity index (χ3v) is 5.01. The van der Waals surface area contributed by atoms with Gasteiger partial charge in [0.2, 0.25) is 0 Å². The molecule has 1 aliphatic rings. The predicted octanol–water partition coefficient (Wildman–Crippen LogP) is 4.23. The van der Waals surface area contributed by atoms with Crippen LogP contribution in [0.2, 0.25) is 0 Å². The molecule has 0 saturated heterocycles. The highest BCUT2D eigenvalue weighted by atomic mass is 15.3. The van der Waals surface area contributed by atoms with E-state index in [9.17, 15) is 0 Å². The molecule has 2 aromatic carbocycles. The Bertz CT molecular complexity index is 993. The number of nitriles is 1. The average Bonchev–Trinajstić information content (AvgIpc) is 2.89. The van der Waals surface area contributed by atoms with Crippen LogP contribution in [0.1, 0.15) is 24.0 Å². The van der Waals surface area contributed by atoms with Crippen LogP contribution in [0.25, 0.3) is 16.9 Å². The van der Waals surface area contributed by atoms with Gasteiger partial charge in [-0.15, -0.1) is 0 Å². The Labute approximate surface area is 159 Å². The molecule has 0 unspecified atom stereocenters. The van der Waals surface area contributed by atoms with Crippen LogP contribution in [-0.2, 0) is 6.42 Å². The predicted molar refractivity (Wildman–Crippen MR) is 109 cm³/mol. The summed E-state index contributed by atoms with van der Waals surface area (Å²) in [4.78, 5) is 2.11. The molecule has 2 heterocycles. The van der Waals surface area contributed by atoms with Crippen LogP contribution >= 0.6 is 0 Å². The average molecular weight is 357 g/mol. The molecule has 0 bridgehead atoms. The van der Waals surface area contributed by atoms with Crippen molar-refractivity contribution < 1.29 is 0 Å². The zero-order chi connectivity index (χ0) is 18.8. The van der Waals surface area contributed by atoms with E-state index in [1.807, 2.05) is 28.9 Å². The molecule has 0 radical (unpaired) electrons. The fourth-order valence-electron chi connectivity index (χ4n) is 3.53. The molecule has 0 aliphatic carbocycles. The monoisotopic (exact) mass is 357 g/mol. The number of nitrogens with zero attached hydrogens (tertiary/aromatic N) is 4. The maximum Gasteiger partial charge on any atom is 0.133 e. The zero-order valence-corrected chi connectivity index (χ0v) is 15.7. The summed E-state index contributed by atoms with van der Waals surface area (Å²) in [6, 6.07) is 18.3. The highest BCUT2D eigenvalue weighted by Crippen LogP contribution is 2.35. The molecule has 0 spiro atoms. The lowest BCUT2D eigenvalue weighted by Gasteiger charge is -2.13. The molecular weight excluding hydrogens is 334 g/mol. The van der Waals surface area contributed by atoms with Gasteiger partial charge in [0.15, 0.2) is 0 Å². The molecule has 27 heavy (non-hydrogen) atoms. The van der Waals surface area contributed by atoms with Crippen LogP contribution < -0.4 is 10.2 Å². The van der Waals surface area contributed by atoms with Crippen molar-refractivity contribution in [3.05, 3.63) is 59.7 Å². The van der Waals surface area contributed by atoms with E-state index in [0.29, 0.717) is 5.56 Å². The van der Waals surface area contributed by atoms with E-state index in [-0.39, 0.29) is 0 Å². The summed E-state index contributed by atoms with van der Waals surface area (Å²) in [7, 11) is 4.10. The third kappa shape index (κ3) is 3.26. The van der Waals surface area contributed by atoms with Gasteiger partial charge in [0.25, 0.3) is 0 Å². The van der Waals surface area contributed by atoms with Gasteiger partial charge in [0, 0.05) is 37.5 Å². The van der Waals surface area contributed by atoms with Crippen molar-refractivity contribution in [1.82, 2.24) is 9.78 Å². The lowest BCUT2D eigenvalue weighted by atomic mass is 10.0. The van der Waals surface area contributed by atoms with Crippen molar-refractivity contribution >= 4 is 11.5 Å². The number of hydrogen-bond donors (Lipinski definition) is 1. The number of anilines is 2. The summed E-state index contributed by atoms with van der Waals surface area (Å²) in [6.45, 7) is 0.951. The van der Waals surface area contributed by atoms with Gasteiger partial charge in [-0.25, -0.2) is 4.68 Å². The Morgan fingerprint density at radius 2 is 1.93 bits per heavy atom. The summed E-state index contributed by atoms with van der Waals surface area (Å²) in [5.41, 5.74) is 6.23. The second-order valence-corrected chi connectivity index (χ2v) is 7.07. The third-order valence-electron chi connectivity index (χ3n) is 5.01. The van der Waals surface area contributed by atoms with E-state index in [1.165, 1.54) is 5.56 Å². The van der Waals surface area contributed by atoms with Crippen molar-refractivity contribution in [3.8, 4) is 23.0 Å². The van der Waals surface area contributed by atoms with Crippen molar-refractivity contribution in [2.24, 2.45) is 0 Å². The SMILES string of the molecule is CN(C)c1cccc(-c2nn(-c3ccc(C#N)cc3)c3c2CCCCN3)c1. The molecular formula is C22H23N5. The number of nitrogens with one attached hydrogen (secondary N) is 1. The Morgan fingerprint density at radius 1 is 1.11 bits per heavy atom. The van der Waals surface area contributed by atoms with Crippen LogP contribution in [0.15, 0.2) is 48.5 Å². The van der Waals surface area contributed by atoms with E-state index in [1.54, 1.807) is 0 Å². The van der Waals surface area contributed by atoms with Crippen LogP contribution in [0.3, 0.4) is 0 Å². The lowest BCUT2D eigenvalue weighted by Crippen LogP contribution is -2.08. The van der Waals surface area contributed by atoms with E-state index in [2.05, 4.69) is 54.6 Å².